The Labute approximate surface area is 220 Å². The summed E-state index contributed by atoms with van der Waals surface area (Å²) >= 11 is 0. The van der Waals surface area contributed by atoms with Crippen molar-refractivity contribution in [1.82, 2.24) is 19.9 Å². The molecule has 6 rings (SSSR count). The van der Waals surface area contributed by atoms with Crippen molar-refractivity contribution >= 4 is 29.4 Å². The van der Waals surface area contributed by atoms with Crippen molar-refractivity contribution in [2.24, 2.45) is 0 Å². The van der Waals surface area contributed by atoms with Gasteiger partial charge in [-0.25, -0.2) is 19.7 Å². The largest absolute Gasteiger partial charge is 0.378 e. The van der Waals surface area contributed by atoms with Gasteiger partial charge in [-0.05, 0) is 36.1 Å². The average Bonchev–Trinajstić information content (AvgIpc) is 3.39. The second kappa shape index (κ2) is 10.1. The van der Waals surface area contributed by atoms with Crippen LogP contribution in [-0.4, -0.2) is 58.8 Å². The summed E-state index contributed by atoms with van der Waals surface area (Å²) in [4.78, 5) is 35.5. The number of nitrogens with two attached hydrogens (primary N) is 1. The van der Waals surface area contributed by atoms with Crippen LogP contribution in [0.4, 0.5) is 28.2 Å². The van der Waals surface area contributed by atoms with Gasteiger partial charge in [-0.3, -0.25) is 4.90 Å². The number of nitrogens with zero attached hydrogens (tertiary/aromatic N) is 6. The van der Waals surface area contributed by atoms with Crippen molar-refractivity contribution in [1.29, 1.82) is 0 Å². The Balaban J connectivity index is 1.35. The lowest BCUT2D eigenvalue weighted by molar-refractivity contribution is 0.122. The number of rotatable bonds is 4. The Morgan fingerprint density at radius 2 is 1.71 bits per heavy atom. The number of amides is 2. The summed E-state index contributed by atoms with van der Waals surface area (Å²) in [7, 11) is 0. The van der Waals surface area contributed by atoms with Crippen molar-refractivity contribution in [2.45, 2.75) is 13.3 Å². The van der Waals surface area contributed by atoms with Crippen LogP contribution in [0.25, 0.3) is 22.4 Å². The summed E-state index contributed by atoms with van der Waals surface area (Å²) < 4.78 is 5.51. The standard InChI is InChI=1S/C28H28N8O2/c1-18-7-8-20(19-5-3-2-4-6-19)15-23(18)32-28(37)36-10-9-22-24(21-16-30-26(29)31-17-21)33-27(34-25(22)36)35-11-13-38-14-12-35/h2-8,15-17H,9-14H2,1H3,(H,32,37)(H2,29,30,31). The monoisotopic (exact) mass is 508 g/mol. The first kappa shape index (κ1) is 23.8. The average molecular weight is 509 g/mol. The molecule has 2 aromatic carbocycles. The number of hydrogen-bond donors (Lipinski definition) is 2. The van der Waals surface area contributed by atoms with Gasteiger partial charge in [0.25, 0.3) is 0 Å². The molecule has 4 aromatic rings. The van der Waals surface area contributed by atoms with Crippen LogP contribution in [0.2, 0.25) is 0 Å². The van der Waals surface area contributed by atoms with Crippen molar-refractivity contribution < 1.29 is 9.53 Å². The highest BCUT2D eigenvalue weighted by molar-refractivity contribution is 6.03. The van der Waals surface area contributed by atoms with E-state index in [2.05, 4.69) is 38.4 Å². The summed E-state index contributed by atoms with van der Waals surface area (Å²) in [6.07, 6.45) is 3.94. The van der Waals surface area contributed by atoms with Crippen LogP contribution in [0.5, 0.6) is 0 Å². The minimum atomic E-state index is -0.233. The first-order valence-corrected chi connectivity index (χ1v) is 12.6. The number of nitrogen functional groups attached to an aromatic ring is 1. The third kappa shape index (κ3) is 4.61. The molecule has 2 aromatic heterocycles. The molecule has 0 radical (unpaired) electrons. The minimum absolute atomic E-state index is 0.196. The number of ether oxygens (including phenoxy) is 1. The Bertz CT molecular complexity index is 1470. The fraction of sp³-hybridized carbons (Fsp3) is 0.250. The number of benzene rings is 2. The maximum atomic E-state index is 13.6. The minimum Gasteiger partial charge on any atom is -0.378 e. The van der Waals surface area contributed by atoms with Crippen molar-refractivity contribution in [3.63, 3.8) is 0 Å². The smallest absolute Gasteiger partial charge is 0.327 e. The number of urea groups is 1. The molecule has 4 heterocycles. The highest BCUT2D eigenvalue weighted by atomic mass is 16.5. The molecule has 10 nitrogen and oxygen atoms in total. The van der Waals surface area contributed by atoms with E-state index in [9.17, 15) is 4.79 Å². The molecule has 2 amide bonds. The zero-order chi connectivity index (χ0) is 26.1. The number of hydrogen-bond acceptors (Lipinski definition) is 8. The van der Waals surface area contributed by atoms with Crippen LogP contribution in [0, 0.1) is 6.92 Å². The molecule has 38 heavy (non-hydrogen) atoms. The van der Waals surface area contributed by atoms with E-state index >= 15 is 0 Å². The molecular weight excluding hydrogens is 480 g/mol. The van der Waals surface area contributed by atoms with E-state index in [1.54, 1.807) is 17.3 Å². The van der Waals surface area contributed by atoms with Gasteiger partial charge in [0.1, 0.15) is 5.82 Å². The highest BCUT2D eigenvalue weighted by Gasteiger charge is 2.32. The maximum absolute atomic E-state index is 13.6. The van der Waals surface area contributed by atoms with E-state index in [1.165, 1.54) is 0 Å². The van der Waals surface area contributed by atoms with Gasteiger partial charge in [0.15, 0.2) is 0 Å². The van der Waals surface area contributed by atoms with E-state index < -0.39 is 0 Å². The Morgan fingerprint density at radius 1 is 0.947 bits per heavy atom. The zero-order valence-corrected chi connectivity index (χ0v) is 21.1. The van der Waals surface area contributed by atoms with Gasteiger partial charge in [-0.1, -0.05) is 42.5 Å². The first-order chi connectivity index (χ1) is 18.6. The number of aromatic nitrogens is 4. The Kier molecular flexibility index (Phi) is 6.30. The quantitative estimate of drug-likeness (QED) is 0.425. The van der Waals surface area contributed by atoms with E-state index in [-0.39, 0.29) is 12.0 Å². The Hall–Kier alpha value is -4.57. The van der Waals surface area contributed by atoms with Gasteiger partial charge in [0.05, 0.1) is 18.9 Å². The van der Waals surface area contributed by atoms with Gasteiger partial charge in [-0.15, -0.1) is 0 Å². The van der Waals surface area contributed by atoms with Crippen LogP contribution in [0.15, 0.2) is 60.9 Å². The molecule has 0 spiro atoms. The third-order valence-electron chi connectivity index (χ3n) is 6.89. The molecule has 0 bridgehead atoms. The Morgan fingerprint density at radius 3 is 2.47 bits per heavy atom. The summed E-state index contributed by atoms with van der Waals surface area (Å²) in [6, 6.07) is 16.0. The van der Waals surface area contributed by atoms with Crippen molar-refractivity contribution in [3.05, 3.63) is 72.1 Å². The molecule has 2 aliphatic rings. The molecule has 0 saturated carbocycles. The number of anilines is 4. The molecule has 192 valence electrons. The van der Waals surface area contributed by atoms with Gasteiger partial charge in [0, 0.05) is 48.8 Å². The number of carbonyl (C=O) groups is 1. The normalized spacial score (nSPS) is 14.9. The lowest BCUT2D eigenvalue weighted by Gasteiger charge is -2.28. The topological polar surface area (TPSA) is 122 Å². The molecule has 10 heteroatoms. The zero-order valence-electron chi connectivity index (χ0n) is 21.1. The van der Waals surface area contributed by atoms with Crippen molar-refractivity contribution in [3.8, 4) is 22.4 Å². The summed E-state index contributed by atoms with van der Waals surface area (Å²) in [5.74, 6) is 1.35. The SMILES string of the molecule is Cc1ccc(-c2ccccc2)cc1NC(=O)N1CCc2c(-c3cnc(N)nc3)nc(N3CCOCC3)nc21. The van der Waals surface area contributed by atoms with Crippen LogP contribution >= 0.6 is 0 Å². The summed E-state index contributed by atoms with van der Waals surface area (Å²) in [6.45, 7) is 5.02. The van der Waals surface area contributed by atoms with Crippen molar-refractivity contribution in [2.75, 3.05) is 53.7 Å². The maximum Gasteiger partial charge on any atom is 0.327 e. The van der Waals surface area contributed by atoms with E-state index in [4.69, 9.17) is 20.4 Å². The number of carbonyl (C=O) groups excluding carboxylic acids is 1. The summed E-state index contributed by atoms with van der Waals surface area (Å²) in [5.41, 5.74) is 11.9. The molecule has 1 saturated heterocycles. The van der Waals surface area contributed by atoms with Crippen LogP contribution in [0.1, 0.15) is 11.1 Å². The molecule has 0 atom stereocenters. The van der Waals surface area contributed by atoms with Gasteiger partial charge < -0.3 is 20.7 Å². The first-order valence-electron chi connectivity index (χ1n) is 12.6. The molecule has 0 unspecified atom stereocenters. The molecule has 2 aliphatic heterocycles. The van der Waals surface area contributed by atoms with Crippen LogP contribution in [0.3, 0.4) is 0 Å². The summed E-state index contributed by atoms with van der Waals surface area (Å²) in [5, 5.41) is 3.12. The fourth-order valence-corrected chi connectivity index (χ4v) is 4.79. The van der Waals surface area contributed by atoms with Gasteiger partial charge >= 0.3 is 6.03 Å². The molecule has 0 aliphatic carbocycles. The lowest BCUT2D eigenvalue weighted by Crippen LogP contribution is -2.38. The number of morpholine rings is 1. The molecule has 1 fully saturated rings. The number of nitrogens with one attached hydrogen (secondary N) is 1. The number of fused-ring (bicyclic) bond motifs is 1. The second-order valence-corrected chi connectivity index (χ2v) is 9.33. The van der Waals surface area contributed by atoms with E-state index in [0.717, 1.165) is 33.5 Å². The van der Waals surface area contributed by atoms with Gasteiger partial charge in [0.2, 0.25) is 11.9 Å². The lowest BCUT2D eigenvalue weighted by atomic mass is 10.0. The van der Waals surface area contributed by atoms with E-state index in [0.29, 0.717) is 56.7 Å². The van der Waals surface area contributed by atoms with Crippen LogP contribution < -0.4 is 20.9 Å². The predicted octanol–water partition coefficient (Wildman–Crippen LogP) is 3.92. The van der Waals surface area contributed by atoms with Crippen LogP contribution in [-0.2, 0) is 11.2 Å². The second-order valence-electron chi connectivity index (χ2n) is 9.33. The van der Waals surface area contributed by atoms with Gasteiger partial charge in [-0.2, -0.15) is 4.98 Å². The predicted molar refractivity (Wildman–Crippen MR) is 147 cm³/mol. The molecular formula is C28H28N8O2. The van der Waals surface area contributed by atoms with E-state index in [1.807, 2.05) is 37.3 Å². The fourth-order valence-electron chi connectivity index (χ4n) is 4.79. The third-order valence-corrected chi connectivity index (χ3v) is 6.89. The molecule has 3 N–H and O–H groups in total. The highest BCUT2D eigenvalue weighted by Crippen LogP contribution is 2.36. The number of aryl methyl sites for hydroxylation is 1.